The summed E-state index contributed by atoms with van der Waals surface area (Å²) >= 11 is 0. The molecule has 0 amide bonds. The van der Waals surface area contributed by atoms with Crippen LogP contribution in [-0.2, 0) is 379 Å². The standard InChI is InChI=1S/6H3N.62H2O.2H3P.18W/h6*1H3;62*1H2;2*1H3;;;;;;;;;;;;;;;;;;/p+6. The van der Waals surface area contributed by atoms with Gasteiger partial charge in [-0.1, -0.05) is 0 Å². The summed E-state index contributed by atoms with van der Waals surface area (Å²) in [6, 6.07) is 0. The fraction of sp³-hybridized carbons (Fsp3) is 0. The molecule has 68 nitrogen and oxygen atoms in total. The van der Waals surface area contributed by atoms with E-state index in [0.717, 1.165) is 0 Å². The van der Waals surface area contributed by atoms with Gasteiger partial charge in [-0.15, -0.1) is 0 Å². The van der Waals surface area contributed by atoms with Gasteiger partial charge < -0.3 is 376 Å². The van der Waals surface area contributed by atoms with Gasteiger partial charge in [0.2, 0.25) is 0 Å². The normalized spacial score (nSPS) is 0. The third kappa shape index (κ3) is 7950. The van der Waals surface area contributed by atoms with E-state index in [1.54, 1.807) is 0 Å². The topological polar surface area (TPSA) is 2170 Å². The summed E-state index contributed by atoms with van der Waals surface area (Å²) in [4.78, 5) is 0. The Morgan fingerprint density at radius 3 is 0.0455 bits per heavy atom. The van der Waals surface area contributed by atoms with Gasteiger partial charge in [0.25, 0.3) is 0 Å². The molecule has 0 aromatic carbocycles. The monoisotopic (exact) mass is 4600 g/mol. The smallest absolute Gasteiger partial charge is 0 e. The molecule has 2 unspecified atom stereocenters. The zero-order valence-corrected chi connectivity index (χ0v) is 101. The van der Waals surface area contributed by atoms with Crippen LogP contribution in [0.3, 0.4) is 0 Å². The molecular formula is H154N6O62P2W18+6. The van der Waals surface area contributed by atoms with Crippen LogP contribution in [0.1, 0.15) is 0 Å². The summed E-state index contributed by atoms with van der Waals surface area (Å²) in [5.41, 5.74) is 0. The molecule has 0 aromatic rings. The quantitative estimate of drug-likeness (QED) is 0.123. The molecule has 88 heavy (non-hydrogen) atoms. The van der Waals surface area contributed by atoms with Crippen molar-refractivity contribution in [3.8, 4) is 0 Å². The molecule has 88 heteroatoms. The summed E-state index contributed by atoms with van der Waals surface area (Å²) in [5.74, 6) is 0. The van der Waals surface area contributed by atoms with E-state index in [0.29, 0.717) is 0 Å². The fourth-order valence-corrected chi connectivity index (χ4v) is 0. The molecule has 0 heterocycles. The first-order chi connectivity index (χ1) is 0. The van der Waals surface area contributed by atoms with Gasteiger partial charge in [-0.25, -0.2) is 0 Å². The third-order valence-corrected chi connectivity index (χ3v) is 0. The Balaban J connectivity index is 0. The molecule has 0 saturated carbocycles. The van der Waals surface area contributed by atoms with Crippen molar-refractivity contribution < 1.29 is 719 Å². The largest absolute Gasteiger partial charge is 0.412 e. The summed E-state index contributed by atoms with van der Waals surface area (Å²) in [6.45, 7) is 0. The second kappa shape index (κ2) is 8200. The molecule has 0 aromatic heterocycles. The molecule has 668 valence electrons. The van der Waals surface area contributed by atoms with E-state index in [1.807, 2.05) is 0 Å². The number of rotatable bonds is 0. The van der Waals surface area contributed by atoms with Crippen LogP contribution >= 0.6 is 19.8 Å². The van der Waals surface area contributed by atoms with Crippen LogP contribution < -0.4 is 36.9 Å². The Bertz CT molecular complexity index is 107. The van der Waals surface area contributed by atoms with Gasteiger partial charge in [-0.2, -0.15) is 19.8 Å². The van der Waals surface area contributed by atoms with Gasteiger partial charge in [0.05, 0.1) is 0 Å². The van der Waals surface area contributed by atoms with Crippen molar-refractivity contribution in [2.75, 3.05) is 0 Å². The van der Waals surface area contributed by atoms with Crippen molar-refractivity contribution >= 4 is 19.8 Å². The first-order valence-corrected chi connectivity index (χ1v) is 0. The molecule has 0 aliphatic rings. The molecule has 0 radical (unpaired) electrons. The number of hydrogen-bond acceptors (Lipinski definition) is 0. The van der Waals surface area contributed by atoms with Gasteiger partial charge in [-0.05, 0) is 0 Å². The van der Waals surface area contributed by atoms with Gasteiger partial charge >= 0.3 is 0 Å². The van der Waals surface area contributed by atoms with E-state index in [4.69, 9.17) is 0 Å². The predicted molar refractivity (Wildman–Crippen MR) is 282 cm³/mol. The molecule has 0 aliphatic carbocycles. The average Bonchev–Trinajstić information content (AvgIpc) is 0. The van der Waals surface area contributed by atoms with Gasteiger partial charge in [-0.3, -0.25) is 0 Å². The molecule has 0 fully saturated rings. The number of hydrogen-bond donors (Lipinski definition) is 6. The van der Waals surface area contributed by atoms with Crippen LogP contribution in [0.15, 0.2) is 0 Å². The van der Waals surface area contributed by atoms with Crippen LogP contribution in [0.25, 0.3) is 0 Å². The molecular weight excluding hydrogens is 4450 g/mol. The molecule has 2 atom stereocenters. The maximum atomic E-state index is 0. The van der Waals surface area contributed by atoms with Gasteiger partial charge in [0.15, 0.2) is 0 Å². The third-order valence-electron chi connectivity index (χ3n) is 0. The van der Waals surface area contributed by atoms with E-state index >= 15 is 0 Å². The first-order valence-electron chi connectivity index (χ1n) is 0. The second-order valence-electron chi connectivity index (χ2n) is 0. The van der Waals surface area contributed by atoms with E-state index < -0.39 is 0 Å². The van der Waals surface area contributed by atoms with Crippen molar-refractivity contribution in [3.63, 3.8) is 0 Å². The molecule has 0 aliphatic heterocycles. The van der Waals surface area contributed by atoms with Gasteiger partial charge in [0, 0.05) is 379 Å². The van der Waals surface area contributed by atoms with E-state index in [2.05, 4.69) is 0 Å². The van der Waals surface area contributed by atoms with E-state index in [-0.39, 0.29) is 775 Å². The summed E-state index contributed by atoms with van der Waals surface area (Å²) in [6.07, 6.45) is 0. The van der Waals surface area contributed by atoms with Crippen LogP contribution in [0.2, 0.25) is 0 Å². The van der Waals surface area contributed by atoms with Crippen LogP contribution in [0, 0.1) is 0 Å². The maximum Gasteiger partial charge on any atom is 0 e. The zero-order valence-electron chi connectivity index (χ0n) is 45.8. The second-order valence-corrected chi connectivity index (χ2v) is 0. The Morgan fingerprint density at radius 2 is 0.0455 bits per heavy atom. The van der Waals surface area contributed by atoms with Crippen molar-refractivity contribution in [2.45, 2.75) is 0 Å². The van der Waals surface area contributed by atoms with Crippen molar-refractivity contribution in [1.82, 2.24) is 36.9 Å². The molecule has 0 saturated heterocycles. The predicted octanol–water partition coefficient (Wildman–Crippen LogP) is -48.8. The SMILES string of the molecule is O.O.O.O.O.O.O.O.O.O.O.O.O.O.O.O.O.O.O.O.O.O.O.O.O.O.O.O.O.O.O.O.O.O.O.O.O.O.O.O.O.O.O.O.O.O.O.O.O.O.O.O.O.O.O.O.O.O.O.O.O.O.P.P.[NH4+].[NH4+].[NH4+].[NH4+].[NH4+].[NH4+].[W].[W].[W].[W].[W].[W].[W].[W].[W].[W].[W].[W].[W].[W].[W].[W].[W].[W]. The Kier molecular flexibility index (Phi) is 787000. The molecule has 0 spiro atoms. The van der Waals surface area contributed by atoms with E-state index in [1.165, 1.54) is 0 Å². The summed E-state index contributed by atoms with van der Waals surface area (Å²) < 4.78 is 0. The average molecular weight is 4600 g/mol. The molecule has 0 rings (SSSR count). The van der Waals surface area contributed by atoms with Crippen LogP contribution in [-0.4, -0.2) is 340 Å². The molecule has 148 N–H and O–H groups in total. The Morgan fingerprint density at radius 1 is 0.0455 bits per heavy atom. The summed E-state index contributed by atoms with van der Waals surface area (Å²) in [7, 11) is 0. The first kappa shape index (κ1) is 8450. The van der Waals surface area contributed by atoms with Crippen molar-refractivity contribution in [3.05, 3.63) is 0 Å². The van der Waals surface area contributed by atoms with Crippen molar-refractivity contribution in [1.29, 1.82) is 0 Å². The minimum Gasteiger partial charge on any atom is -0.412 e. The molecule has 0 bridgehead atoms. The van der Waals surface area contributed by atoms with Crippen molar-refractivity contribution in [2.24, 2.45) is 0 Å². The minimum absolute atomic E-state index is 0. The van der Waals surface area contributed by atoms with Gasteiger partial charge in [0.1, 0.15) is 0 Å². The fourth-order valence-electron chi connectivity index (χ4n) is 0. The van der Waals surface area contributed by atoms with Crippen LogP contribution in [0.4, 0.5) is 0 Å². The van der Waals surface area contributed by atoms with E-state index in [9.17, 15) is 0 Å². The Hall–Kier alpha value is 10.5. The minimum atomic E-state index is 0. The number of quaternary nitrogens is 6. The maximum absolute atomic E-state index is 0. The zero-order chi connectivity index (χ0) is 0. The Labute approximate surface area is 764 Å². The van der Waals surface area contributed by atoms with Crippen LogP contribution in [0.5, 0.6) is 0 Å². The summed E-state index contributed by atoms with van der Waals surface area (Å²) in [5, 5.41) is 0.